The van der Waals surface area contributed by atoms with E-state index in [1.165, 1.54) is 0 Å². The van der Waals surface area contributed by atoms with Crippen LogP contribution in [0.5, 0.6) is 0 Å². The van der Waals surface area contributed by atoms with Crippen LogP contribution in [0.2, 0.25) is 0 Å². The number of nitrogens with two attached hydrogens (primary N) is 1. The molecule has 96 valence electrons. The molecule has 2 aliphatic rings. The van der Waals surface area contributed by atoms with Crippen molar-refractivity contribution >= 4 is 17.3 Å². The standard InChI is InChI=1S/C13H16N2O3/c14-12-4-1-8(5-11(12)13(16)17)15-6-9-2-3-10(7-15)18-9/h1,4-5,9-10H,2-3,6-7,14H2,(H,16,17). The maximum atomic E-state index is 11.1. The van der Waals surface area contributed by atoms with Crippen LogP contribution < -0.4 is 10.6 Å². The van der Waals surface area contributed by atoms with Crippen molar-refractivity contribution in [1.82, 2.24) is 0 Å². The van der Waals surface area contributed by atoms with Gasteiger partial charge in [-0.05, 0) is 31.0 Å². The Morgan fingerprint density at radius 2 is 2.00 bits per heavy atom. The average Bonchev–Trinajstić information content (AvgIpc) is 2.68. The van der Waals surface area contributed by atoms with Crippen LogP contribution in [0.25, 0.3) is 0 Å². The summed E-state index contributed by atoms with van der Waals surface area (Å²) in [6.07, 6.45) is 2.77. The van der Waals surface area contributed by atoms with Gasteiger partial charge in [0.1, 0.15) is 0 Å². The Labute approximate surface area is 105 Å². The molecule has 0 aromatic heterocycles. The molecule has 0 saturated carbocycles. The van der Waals surface area contributed by atoms with Crippen LogP contribution in [0.4, 0.5) is 11.4 Å². The monoisotopic (exact) mass is 248 g/mol. The van der Waals surface area contributed by atoms with Gasteiger partial charge in [-0.2, -0.15) is 0 Å². The summed E-state index contributed by atoms with van der Waals surface area (Å²) < 4.78 is 5.77. The van der Waals surface area contributed by atoms with Crippen molar-refractivity contribution < 1.29 is 14.6 Å². The van der Waals surface area contributed by atoms with E-state index in [0.29, 0.717) is 5.69 Å². The normalized spacial score (nSPS) is 26.3. The third-order valence-corrected chi connectivity index (χ3v) is 3.68. The Bertz CT molecular complexity index is 477. The highest BCUT2D eigenvalue weighted by molar-refractivity contribution is 5.94. The van der Waals surface area contributed by atoms with Crippen molar-refractivity contribution in [3.8, 4) is 0 Å². The van der Waals surface area contributed by atoms with Gasteiger partial charge >= 0.3 is 5.97 Å². The highest BCUT2D eigenvalue weighted by atomic mass is 16.5. The maximum absolute atomic E-state index is 11.1. The largest absolute Gasteiger partial charge is 0.478 e. The Morgan fingerprint density at radius 1 is 1.33 bits per heavy atom. The van der Waals surface area contributed by atoms with Crippen molar-refractivity contribution in [3.63, 3.8) is 0 Å². The van der Waals surface area contributed by atoms with Crippen LogP contribution in [-0.2, 0) is 4.74 Å². The van der Waals surface area contributed by atoms with Crippen molar-refractivity contribution in [3.05, 3.63) is 23.8 Å². The van der Waals surface area contributed by atoms with Gasteiger partial charge in [-0.25, -0.2) is 4.79 Å². The van der Waals surface area contributed by atoms with Gasteiger partial charge in [-0.3, -0.25) is 0 Å². The lowest BCUT2D eigenvalue weighted by Crippen LogP contribution is -2.42. The average molecular weight is 248 g/mol. The Balaban J connectivity index is 1.88. The Kier molecular flexibility index (Phi) is 2.63. The summed E-state index contributed by atoms with van der Waals surface area (Å²) in [7, 11) is 0. The molecule has 2 heterocycles. The summed E-state index contributed by atoms with van der Waals surface area (Å²) in [5, 5.41) is 9.08. The number of carboxylic acid groups (broad SMARTS) is 1. The topological polar surface area (TPSA) is 75.8 Å². The van der Waals surface area contributed by atoms with E-state index in [9.17, 15) is 4.79 Å². The van der Waals surface area contributed by atoms with Crippen molar-refractivity contribution in [2.24, 2.45) is 0 Å². The van der Waals surface area contributed by atoms with Crippen LogP contribution in [0, 0.1) is 0 Å². The van der Waals surface area contributed by atoms with E-state index in [-0.39, 0.29) is 17.8 Å². The smallest absolute Gasteiger partial charge is 0.337 e. The van der Waals surface area contributed by atoms with Crippen molar-refractivity contribution in [2.45, 2.75) is 25.0 Å². The van der Waals surface area contributed by atoms with E-state index in [0.717, 1.165) is 31.6 Å². The second-order valence-corrected chi connectivity index (χ2v) is 4.94. The van der Waals surface area contributed by atoms with Crippen LogP contribution in [-0.4, -0.2) is 36.4 Å². The lowest BCUT2D eigenvalue weighted by Gasteiger charge is -2.34. The number of benzene rings is 1. The molecule has 5 heteroatoms. The van der Waals surface area contributed by atoms with Gasteiger partial charge in [0.2, 0.25) is 0 Å². The zero-order chi connectivity index (χ0) is 12.7. The molecule has 3 rings (SSSR count). The number of rotatable bonds is 2. The number of fused-ring (bicyclic) bond motifs is 2. The molecule has 2 bridgehead atoms. The molecule has 0 spiro atoms. The van der Waals surface area contributed by atoms with Gasteiger partial charge in [0, 0.05) is 24.5 Å². The van der Waals surface area contributed by atoms with Crippen LogP contribution in [0.15, 0.2) is 18.2 Å². The summed E-state index contributed by atoms with van der Waals surface area (Å²) in [5.41, 5.74) is 7.06. The Hall–Kier alpha value is -1.75. The van der Waals surface area contributed by atoms with Gasteiger partial charge in [0.15, 0.2) is 0 Å². The number of anilines is 2. The number of carbonyl (C=O) groups is 1. The number of nitrogens with zero attached hydrogens (tertiary/aromatic N) is 1. The minimum absolute atomic E-state index is 0.173. The summed E-state index contributed by atoms with van der Waals surface area (Å²) in [6, 6.07) is 5.20. The van der Waals surface area contributed by atoms with E-state index >= 15 is 0 Å². The van der Waals surface area contributed by atoms with E-state index in [1.807, 2.05) is 6.07 Å². The van der Waals surface area contributed by atoms with Crippen molar-refractivity contribution in [2.75, 3.05) is 23.7 Å². The molecule has 2 atom stereocenters. The number of hydrogen-bond acceptors (Lipinski definition) is 4. The molecule has 1 aromatic rings. The molecule has 5 nitrogen and oxygen atoms in total. The van der Waals surface area contributed by atoms with E-state index in [4.69, 9.17) is 15.6 Å². The second-order valence-electron chi connectivity index (χ2n) is 4.94. The van der Waals surface area contributed by atoms with Gasteiger partial charge < -0.3 is 20.5 Å². The first-order valence-corrected chi connectivity index (χ1v) is 6.16. The zero-order valence-corrected chi connectivity index (χ0v) is 10.0. The fourth-order valence-corrected chi connectivity index (χ4v) is 2.75. The first kappa shape index (κ1) is 11.3. The quantitative estimate of drug-likeness (QED) is 0.772. The summed E-state index contributed by atoms with van der Waals surface area (Å²) in [6.45, 7) is 1.67. The first-order valence-electron chi connectivity index (χ1n) is 6.16. The molecule has 2 aliphatic heterocycles. The number of morpholine rings is 1. The minimum atomic E-state index is -0.981. The molecular formula is C13H16N2O3. The van der Waals surface area contributed by atoms with Crippen molar-refractivity contribution in [1.29, 1.82) is 0 Å². The lowest BCUT2D eigenvalue weighted by molar-refractivity contribution is 0.0305. The number of nitrogen functional groups attached to an aromatic ring is 1. The molecule has 0 aliphatic carbocycles. The molecule has 2 unspecified atom stereocenters. The number of aromatic carboxylic acids is 1. The zero-order valence-electron chi connectivity index (χ0n) is 10.0. The van der Waals surface area contributed by atoms with Gasteiger partial charge in [-0.1, -0.05) is 0 Å². The molecule has 3 N–H and O–H groups in total. The molecule has 1 aromatic carbocycles. The predicted molar refractivity (Wildman–Crippen MR) is 67.9 cm³/mol. The predicted octanol–water partition coefficient (Wildman–Crippen LogP) is 1.33. The second kappa shape index (κ2) is 4.17. The fourth-order valence-electron chi connectivity index (χ4n) is 2.75. The summed E-state index contributed by atoms with van der Waals surface area (Å²) >= 11 is 0. The van der Waals surface area contributed by atoms with E-state index in [2.05, 4.69) is 4.90 Å². The minimum Gasteiger partial charge on any atom is -0.478 e. The SMILES string of the molecule is Nc1ccc(N2CC3CCC(C2)O3)cc1C(=O)O. The number of hydrogen-bond donors (Lipinski definition) is 2. The lowest BCUT2D eigenvalue weighted by atomic mass is 10.1. The molecule has 0 radical (unpaired) electrons. The first-order chi connectivity index (χ1) is 8.63. The van der Waals surface area contributed by atoms with Gasteiger partial charge in [0.05, 0.1) is 17.8 Å². The number of carboxylic acids is 1. The third kappa shape index (κ3) is 1.90. The van der Waals surface area contributed by atoms with Crippen LogP contribution in [0.3, 0.4) is 0 Å². The van der Waals surface area contributed by atoms with Crippen LogP contribution >= 0.6 is 0 Å². The summed E-state index contributed by atoms with van der Waals surface area (Å²) in [4.78, 5) is 13.3. The fraction of sp³-hybridized carbons (Fsp3) is 0.462. The van der Waals surface area contributed by atoms with E-state index in [1.54, 1.807) is 12.1 Å². The Morgan fingerprint density at radius 3 is 2.61 bits per heavy atom. The third-order valence-electron chi connectivity index (χ3n) is 3.68. The molecule has 2 fully saturated rings. The van der Waals surface area contributed by atoms with E-state index < -0.39 is 5.97 Å². The highest BCUT2D eigenvalue weighted by Gasteiger charge is 2.33. The molecular weight excluding hydrogens is 232 g/mol. The summed E-state index contributed by atoms with van der Waals surface area (Å²) in [5.74, 6) is -0.981. The van der Waals surface area contributed by atoms with Gasteiger partial charge in [-0.15, -0.1) is 0 Å². The van der Waals surface area contributed by atoms with Gasteiger partial charge in [0.25, 0.3) is 0 Å². The highest BCUT2D eigenvalue weighted by Crippen LogP contribution is 2.30. The van der Waals surface area contributed by atoms with Crippen LogP contribution in [0.1, 0.15) is 23.2 Å². The molecule has 0 amide bonds. The number of ether oxygens (including phenoxy) is 1. The molecule has 2 saturated heterocycles. The maximum Gasteiger partial charge on any atom is 0.337 e. The molecule has 18 heavy (non-hydrogen) atoms.